The van der Waals surface area contributed by atoms with Crippen LogP contribution < -0.4 is 0 Å². The second-order valence-electron chi connectivity index (χ2n) is 3.91. The van der Waals surface area contributed by atoms with Crippen molar-refractivity contribution in [2.45, 2.75) is 9.05 Å². The minimum Gasteiger partial charge on any atom is -0.222 e. The number of nitriles is 1. The molecular formula is C14H10BrNO2S. The molecule has 19 heavy (non-hydrogen) atoms. The molecule has 0 radical (unpaired) electrons. The first-order chi connectivity index (χ1) is 9.05. The summed E-state index contributed by atoms with van der Waals surface area (Å²) in [5.74, 6) is 0. The highest BCUT2D eigenvalue weighted by molar-refractivity contribution is 9.10. The number of hydrogen-bond acceptors (Lipinski definition) is 3. The molecule has 0 aliphatic rings. The van der Waals surface area contributed by atoms with Crippen molar-refractivity contribution >= 4 is 25.8 Å². The summed E-state index contributed by atoms with van der Waals surface area (Å²) < 4.78 is 23.9. The Balaban J connectivity index is 2.44. The van der Waals surface area contributed by atoms with Gasteiger partial charge in [-0.05, 0) is 29.8 Å². The summed E-state index contributed by atoms with van der Waals surface area (Å²) in [6, 6.07) is 16.8. The van der Waals surface area contributed by atoms with Crippen LogP contribution in [0.5, 0.6) is 0 Å². The summed E-state index contributed by atoms with van der Waals surface area (Å²) in [7, 11) is -3.51. The maximum absolute atomic E-state index is 12.4. The fraction of sp³-hybridized carbons (Fsp3) is 0.0714. The Kier molecular flexibility index (Phi) is 4.03. The van der Waals surface area contributed by atoms with E-state index in [4.69, 9.17) is 5.26 Å². The first kappa shape index (κ1) is 13.8. The Morgan fingerprint density at radius 2 is 1.74 bits per heavy atom. The monoisotopic (exact) mass is 335 g/mol. The lowest BCUT2D eigenvalue weighted by Crippen LogP contribution is -2.08. The van der Waals surface area contributed by atoms with Crippen LogP contribution >= 0.6 is 15.9 Å². The maximum Gasteiger partial charge on any atom is 0.195 e. The zero-order chi connectivity index (χ0) is 13.9. The highest BCUT2D eigenvalue weighted by Crippen LogP contribution is 2.34. The Labute approximate surface area is 120 Å². The van der Waals surface area contributed by atoms with Crippen molar-refractivity contribution in [1.29, 1.82) is 5.26 Å². The fourth-order valence-electron chi connectivity index (χ4n) is 1.66. The Hall–Kier alpha value is -1.64. The van der Waals surface area contributed by atoms with E-state index in [0.29, 0.717) is 11.1 Å². The van der Waals surface area contributed by atoms with Gasteiger partial charge in [0.15, 0.2) is 9.84 Å². The Morgan fingerprint density at radius 1 is 1.05 bits per heavy atom. The van der Waals surface area contributed by atoms with Crippen molar-refractivity contribution < 1.29 is 8.42 Å². The lowest BCUT2D eigenvalue weighted by molar-refractivity contribution is 0.595. The van der Waals surface area contributed by atoms with Gasteiger partial charge >= 0.3 is 0 Å². The van der Waals surface area contributed by atoms with E-state index in [1.165, 1.54) is 0 Å². The van der Waals surface area contributed by atoms with Crippen molar-refractivity contribution in [1.82, 2.24) is 0 Å². The molecule has 1 atom stereocenters. The van der Waals surface area contributed by atoms with E-state index in [0.717, 1.165) is 0 Å². The van der Waals surface area contributed by atoms with E-state index in [9.17, 15) is 8.42 Å². The molecule has 0 unspecified atom stereocenters. The van der Waals surface area contributed by atoms with Crippen LogP contribution in [0.2, 0.25) is 0 Å². The van der Waals surface area contributed by atoms with Gasteiger partial charge in [-0.3, -0.25) is 0 Å². The lowest BCUT2D eigenvalue weighted by Gasteiger charge is -2.12. The molecule has 0 saturated carbocycles. The number of rotatable bonds is 3. The summed E-state index contributed by atoms with van der Waals surface area (Å²) in [5.41, 5.74) is 0.980. The van der Waals surface area contributed by atoms with Crippen LogP contribution in [0.3, 0.4) is 0 Å². The van der Waals surface area contributed by atoms with E-state index in [1.807, 2.05) is 6.07 Å². The normalized spacial score (nSPS) is 12.6. The predicted octanol–water partition coefficient (Wildman–Crippen LogP) is 3.43. The second kappa shape index (κ2) is 5.55. The fourth-order valence-corrected chi connectivity index (χ4v) is 3.87. The number of alkyl halides is 1. The van der Waals surface area contributed by atoms with Gasteiger partial charge in [0.25, 0.3) is 0 Å². The van der Waals surface area contributed by atoms with Crippen LogP contribution in [0.15, 0.2) is 59.5 Å². The van der Waals surface area contributed by atoms with Crippen molar-refractivity contribution in [3.05, 3.63) is 65.7 Å². The molecule has 5 heteroatoms. The molecule has 0 aliphatic carbocycles. The zero-order valence-corrected chi connectivity index (χ0v) is 12.2. The molecule has 2 aromatic rings. The molecule has 0 aliphatic heterocycles. The molecule has 96 valence electrons. The van der Waals surface area contributed by atoms with Crippen molar-refractivity contribution in [3.63, 3.8) is 0 Å². The summed E-state index contributed by atoms with van der Waals surface area (Å²) >= 11 is 3.21. The molecule has 2 rings (SSSR count). The molecule has 0 saturated heterocycles. The molecule has 0 amide bonds. The minimum absolute atomic E-state index is 0.249. The van der Waals surface area contributed by atoms with Crippen LogP contribution in [0.1, 0.15) is 15.3 Å². The van der Waals surface area contributed by atoms with Crippen molar-refractivity contribution in [3.8, 4) is 6.07 Å². The van der Waals surface area contributed by atoms with Crippen LogP contribution in [0.25, 0.3) is 0 Å². The molecule has 0 spiro atoms. The molecule has 0 N–H and O–H groups in total. The van der Waals surface area contributed by atoms with Crippen molar-refractivity contribution in [2.24, 2.45) is 0 Å². The third-order valence-corrected chi connectivity index (χ3v) is 6.37. The molecule has 0 heterocycles. The molecule has 2 aromatic carbocycles. The van der Waals surface area contributed by atoms with Crippen LogP contribution in [-0.4, -0.2) is 8.42 Å². The first-order valence-electron chi connectivity index (χ1n) is 5.49. The maximum atomic E-state index is 12.4. The molecule has 3 nitrogen and oxygen atoms in total. The van der Waals surface area contributed by atoms with E-state index in [-0.39, 0.29) is 4.90 Å². The van der Waals surface area contributed by atoms with Gasteiger partial charge in [0.05, 0.1) is 16.5 Å². The number of sulfone groups is 1. The smallest absolute Gasteiger partial charge is 0.195 e. The molecule has 0 fully saturated rings. The average Bonchev–Trinajstić information content (AvgIpc) is 2.47. The minimum atomic E-state index is -3.51. The van der Waals surface area contributed by atoms with Gasteiger partial charge < -0.3 is 0 Å². The Morgan fingerprint density at radius 3 is 2.37 bits per heavy atom. The average molecular weight is 336 g/mol. The van der Waals surface area contributed by atoms with Crippen LogP contribution in [0, 0.1) is 11.3 Å². The largest absolute Gasteiger partial charge is 0.222 e. The van der Waals surface area contributed by atoms with Gasteiger partial charge in [-0.25, -0.2) is 8.42 Å². The summed E-state index contributed by atoms with van der Waals surface area (Å²) in [5, 5.41) is 8.85. The van der Waals surface area contributed by atoms with Gasteiger partial charge in [0.2, 0.25) is 0 Å². The van der Waals surface area contributed by atoms with Gasteiger partial charge in [0.1, 0.15) is 4.16 Å². The van der Waals surface area contributed by atoms with Gasteiger partial charge in [-0.1, -0.05) is 46.3 Å². The third kappa shape index (κ3) is 2.86. The Bertz CT molecular complexity index is 721. The molecule has 0 bridgehead atoms. The van der Waals surface area contributed by atoms with E-state index >= 15 is 0 Å². The highest BCUT2D eigenvalue weighted by atomic mass is 79.9. The quantitative estimate of drug-likeness (QED) is 0.807. The number of nitrogens with zero attached hydrogens (tertiary/aromatic N) is 1. The van der Waals surface area contributed by atoms with E-state index in [1.54, 1.807) is 54.6 Å². The van der Waals surface area contributed by atoms with Crippen LogP contribution in [-0.2, 0) is 9.84 Å². The second-order valence-corrected chi connectivity index (χ2v) is 7.47. The third-order valence-electron chi connectivity index (χ3n) is 2.62. The topological polar surface area (TPSA) is 57.9 Å². The number of benzene rings is 2. The summed E-state index contributed by atoms with van der Waals surface area (Å²) in [6.45, 7) is 0. The lowest BCUT2D eigenvalue weighted by atomic mass is 10.2. The van der Waals surface area contributed by atoms with Gasteiger partial charge in [0, 0.05) is 0 Å². The standard InChI is InChI=1S/C14H10BrNO2S/c15-14(12-6-4-5-11(9-12)10-16)19(17,18)13-7-2-1-3-8-13/h1-9,14H/t14-/m0/s1. The van der Waals surface area contributed by atoms with E-state index < -0.39 is 14.0 Å². The first-order valence-corrected chi connectivity index (χ1v) is 7.95. The van der Waals surface area contributed by atoms with Gasteiger partial charge in [-0.15, -0.1) is 0 Å². The SMILES string of the molecule is N#Cc1cccc([C@@H](Br)S(=O)(=O)c2ccccc2)c1. The highest BCUT2D eigenvalue weighted by Gasteiger charge is 2.26. The number of halogens is 1. The molecule has 0 aromatic heterocycles. The zero-order valence-electron chi connectivity index (χ0n) is 9.82. The van der Waals surface area contributed by atoms with Crippen molar-refractivity contribution in [2.75, 3.05) is 0 Å². The van der Waals surface area contributed by atoms with Gasteiger partial charge in [-0.2, -0.15) is 5.26 Å². The van der Waals surface area contributed by atoms with E-state index in [2.05, 4.69) is 15.9 Å². The molecular weight excluding hydrogens is 326 g/mol. The predicted molar refractivity (Wildman–Crippen MR) is 76.5 cm³/mol. The summed E-state index contributed by atoms with van der Waals surface area (Å²) in [4.78, 5) is 0.249. The number of hydrogen-bond donors (Lipinski definition) is 0. The van der Waals surface area contributed by atoms with Crippen LogP contribution in [0.4, 0.5) is 0 Å². The summed E-state index contributed by atoms with van der Waals surface area (Å²) in [6.07, 6.45) is 0.